The summed E-state index contributed by atoms with van der Waals surface area (Å²) >= 11 is 0. The lowest BCUT2D eigenvalue weighted by atomic mass is 10.1. The fourth-order valence-corrected chi connectivity index (χ4v) is 2.52. The molecule has 0 aliphatic carbocycles. The minimum absolute atomic E-state index is 0.752. The number of anilines is 1. The molecular formula is C16H18N4. The van der Waals surface area contributed by atoms with Gasteiger partial charge in [-0.25, -0.2) is 0 Å². The highest BCUT2D eigenvalue weighted by Crippen LogP contribution is 2.21. The van der Waals surface area contributed by atoms with Crippen molar-refractivity contribution in [3.63, 3.8) is 0 Å². The third kappa shape index (κ3) is 2.13. The van der Waals surface area contributed by atoms with E-state index in [1.807, 2.05) is 30.9 Å². The number of rotatable bonds is 3. The maximum atomic E-state index is 4.48. The predicted octanol–water partition coefficient (Wildman–Crippen LogP) is 3.20. The van der Waals surface area contributed by atoms with Gasteiger partial charge in [-0.3, -0.25) is 9.67 Å². The number of para-hydroxylation sites is 1. The summed E-state index contributed by atoms with van der Waals surface area (Å²) in [5.41, 5.74) is 5.54. The molecule has 0 amide bonds. The molecule has 0 aliphatic heterocycles. The first kappa shape index (κ1) is 12.7. The van der Waals surface area contributed by atoms with E-state index in [4.69, 9.17) is 0 Å². The van der Waals surface area contributed by atoms with E-state index in [-0.39, 0.29) is 0 Å². The molecule has 0 fully saturated rings. The smallest absolute Gasteiger partial charge is 0.0827 e. The largest absolute Gasteiger partial charge is 0.378 e. The zero-order chi connectivity index (χ0) is 14.1. The first-order valence-corrected chi connectivity index (χ1v) is 6.73. The van der Waals surface area contributed by atoms with Crippen LogP contribution in [0.3, 0.4) is 0 Å². The second-order valence-electron chi connectivity index (χ2n) is 5.02. The van der Waals surface area contributed by atoms with Crippen LogP contribution in [0.15, 0.2) is 36.5 Å². The minimum atomic E-state index is 0.752. The summed E-state index contributed by atoms with van der Waals surface area (Å²) in [6.07, 6.45) is 1.84. The Morgan fingerprint density at radius 2 is 1.95 bits per heavy atom. The lowest BCUT2D eigenvalue weighted by Crippen LogP contribution is -2.03. The second-order valence-corrected chi connectivity index (χ2v) is 5.02. The van der Waals surface area contributed by atoms with E-state index in [0.29, 0.717) is 0 Å². The Balaban J connectivity index is 1.91. The quantitative estimate of drug-likeness (QED) is 0.791. The molecule has 4 heteroatoms. The molecule has 0 spiro atoms. The van der Waals surface area contributed by atoms with Gasteiger partial charge in [0.1, 0.15) is 0 Å². The van der Waals surface area contributed by atoms with Crippen LogP contribution in [-0.2, 0) is 13.6 Å². The summed E-state index contributed by atoms with van der Waals surface area (Å²) < 4.78 is 1.90. The van der Waals surface area contributed by atoms with Crippen molar-refractivity contribution in [2.24, 2.45) is 7.05 Å². The monoisotopic (exact) mass is 266 g/mol. The van der Waals surface area contributed by atoms with Crippen LogP contribution >= 0.6 is 0 Å². The molecule has 4 nitrogen and oxygen atoms in total. The van der Waals surface area contributed by atoms with Crippen molar-refractivity contribution < 1.29 is 0 Å². The summed E-state index contributed by atoms with van der Waals surface area (Å²) in [5, 5.41) is 9.08. The van der Waals surface area contributed by atoms with Gasteiger partial charge in [0.25, 0.3) is 0 Å². The van der Waals surface area contributed by atoms with Gasteiger partial charge in [0.05, 0.1) is 22.6 Å². The molecule has 0 radical (unpaired) electrons. The number of hydrogen-bond donors (Lipinski definition) is 1. The van der Waals surface area contributed by atoms with Gasteiger partial charge in [0, 0.05) is 25.2 Å². The molecule has 1 N–H and O–H groups in total. The van der Waals surface area contributed by atoms with Crippen molar-refractivity contribution in [1.29, 1.82) is 0 Å². The molecular weight excluding hydrogens is 248 g/mol. The van der Waals surface area contributed by atoms with Crippen molar-refractivity contribution in [3.05, 3.63) is 53.5 Å². The normalized spacial score (nSPS) is 10.9. The van der Waals surface area contributed by atoms with Crippen molar-refractivity contribution >= 4 is 16.6 Å². The van der Waals surface area contributed by atoms with E-state index < -0.39 is 0 Å². The Bertz CT molecular complexity index is 753. The highest BCUT2D eigenvalue weighted by atomic mass is 15.3. The van der Waals surface area contributed by atoms with Crippen LogP contribution < -0.4 is 5.32 Å². The summed E-state index contributed by atoms with van der Waals surface area (Å²) in [6, 6.07) is 10.3. The van der Waals surface area contributed by atoms with Crippen LogP contribution in [0.1, 0.15) is 17.0 Å². The molecule has 0 atom stereocenters. The van der Waals surface area contributed by atoms with E-state index in [1.54, 1.807) is 0 Å². The van der Waals surface area contributed by atoms with Crippen molar-refractivity contribution in [2.45, 2.75) is 20.4 Å². The standard InChI is InChI=1S/C16H18N4/c1-11-15(12(2)20(3)19-11)18-10-14-7-4-6-13-8-5-9-17-16(13)14/h4-9,18H,10H2,1-3H3. The van der Waals surface area contributed by atoms with Crippen molar-refractivity contribution in [3.8, 4) is 0 Å². The first-order valence-electron chi connectivity index (χ1n) is 6.73. The highest BCUT2D eigenvalue weighted by molar-refractivity contribution is 5.81. The van der Waals surface area contributed by atoms with E-state index >= 15 is 0 Å². The van der Waals surface area contributed by atoms with Crippen LogP contribution in [-0.4, -0.2) is 14.8 Å². The van der Waals surface area contributed by atoms with E-state index in [2.05, 4.69) is 46.6 Å². The van der Waals surface area contributed by atoms with E-state index in [9.17, 15) is 0 Å². The summed E-state index contributed by atoms with van der Waals surface area (Å²) in [5.74, 6) is 0. The van der Waals surface area contributed by atoms with Gasteiger partial charge in [-0.05, 0) is 25.5 Å². The van der Waals surface area contributed by atoms with Crippen LogP contribution in [0.2, 0.25) is 0 Å². The fraction of sp³-hybridized carbons (Fsp3) is 0.250. The number of nitrogens with zero attached hydrogens (tertiary/aromatic N) is 3. The molecule has 2 aromatic heterocycles. The molecule has 20 heavy (non-hydrogen) atoms. The van der Waals surface area contributed by atoms with E-state index in [1.165, 1.54) is 10.9 Å². The molecule has 0 aliphatic rings. The third-order valence-corrected chi connectivity index (χ3v) is 3.68. The zero-order valence-corrected chi connectivity index (χ0v) is 12.0. The zero-order valence-electron chi connectivity index (χ0n) is 12.0. The van der Waals surface area contributed by atoms with Gasteiger partial charge in [-0.15, -0.1) is 0 Å². The van der Waals surface area contributed by atoms with Crippen LogP contribution in [0.4, 0.5) is 5.69 Å². The maximum absolute atomic E-state index is 4.48. The Morgan fingerprint density at radius 1 is 1.15 bits per heavy atom. The van der Waals surface area contributed by atoms with Crippen LogP contribution in [0, 0.1) is 13.8 Å². The Labute approximate surface area is 118 Å². The van der Waals surface area contributed by atoms with Crippen molar-refractivity contribution in [1.82, 2.24) is 14.8 Å². The molecule has 0 unspecified atom stereocenters. The Kier molecular flexibility index (Phi) is 3.14. The van der Waals surface area contributed by atoms with Gasteiger partial charge in [0.2, 0.25) is 0 Å². The van der Waals surface area contributed by atoms with Gasteiger partial charge in [-0.2, -0.15) is 5.10 Å². The van der Waals surface area contributed by atoms with Gasteiger partial charge < -0.3 is 5.32 Å². The number of pyridine rings is 1. The first-order chi connectivity index (χ1) is 9.66. The average molecular weight is 266 g/mol. The molecule has 0 saturated carbocycles. The third-order valence-electron chi connectivity index (χ3n) is 3.68. The highest BCUT2D eigenvalue weighted by Gasteiger charge is 2.09. The molecule has 0 saturated heterocycles. The SMILES string of the molecule is Cc1nn(C)c(C)c1NCc1cccc2cccnc12. The average Bonchev–Trinajstić information content (AvgIpc) is 2.70. The van der Waals surface area contributed by atoms with Gasteiger partial charge in [-0.1, -0.05) is 24.3 Å². The maximum Gasteiger partial charge on any atom is 0.0827 e. The number of aryl methyl sites for hydroxylation is 2. The number of nitrogens with one attached hydrogen (secondary N) is 1. The fourth-order valence-electron chi connectivity index (χ4n) is 2.52. The Hall–Kier alpha value is -2.36. The Morgan fingerprint density at radius 3 is 2.70 bits per heavy atom. The van der Waals surface area contributed by atoms with Gasteiger partial charge >= 0.3 is 0 Å². The summed E-state index contributed by atoms with van der Waals surface area (Å²) in [7, 11) is 1.97. The molecule has 3 rings (SSSR count). The minimum Gasteiger partial charge on any atom is -0.378 e. The topological polar surface area (TPSA) is 42.7 Å². The molecule has 1 aromatic carbocycles. The number of hydrogen-bond acceptors (Lipinski definition) is 3. The molecule has 0 bridgehead atoms. The lowest BCUT2D eigenvalue weighted by molar-refractivity contribution is 0.731. The number of aromatic nitrogens is 3. The summed E-state index contributed by atoms with van der Waals surface area (Å²) in [6.45, 7) is 4.85. The van der Waals surface area contributed by atoms with Gasteiger partial charge in [0.15, 0.2) is 0 Å². The molecule has 102 valence electrons. The summed E-state index contributed by atoms with van der Waals surface area (Å²) in [4.78, 5) is 4.48. The predicted molar refractivity (Wildman–Crippen MR) is 81.8 cm³/mol. The molecule has 3 aromatic rings. The van der Waals surface area contributed by atoms with Crippen LogP contribution in [0.25, 0.3) is 10.9 Å². The van der Waals surface area contributed by atoms with Crippen molar-refractivity contribution in [2.75, 3.05) is 5.32 Å². The molecule has 2 heterocycles. The van der Waals surface area contributed by atoms with Crippen LogP contribution in [0.5, 0.6) is 0 Å². The second kappa shape index (κ2) is 4.96. The number of benzene rings is 1. The van der Waals surface area contributed by atoms with E-state index in [0.717, 1.165) is 29.1 Å². The lowest BCUT2D eigenvalue weighted by Gasteiger charge is -2.09. The number of fused-ring (bicyclic) bond motifs is 1.